The molecule has 4 N–H and O–H groups in total. The summed E-state index contributed by atoms with van der Waals surface area (Å²) in [6, 6.07) is 19.5. The third-order valence-corrected chi connectivity index (χ3v) is 6.82. The zero-order chi connectivity index (χ0) is 29.6. The Balaban J connectivity index is 1.27. The zero-order valence-electron chi connectivity index (χ0n) is 22.8. The highest BCUT2D eigenvalue weighted by Crippen LogP contribution is 2.34. The number of carbonyl (C=O) groups is 2. The molecule has 5 rings (SSSR count). The monoisotopic (exact) mass is 599 g/mol. The quantitative estimate of drug-likeness (QED) is 0.136. The van der Waals surface area contributed by atoms with E-state index in [1.807, 2.05) is 49.5 Å². The van der Waals surface area contributed by atoms with Crippen molar-refractivity contribution in [2.24, 2.45) is 0 Å². The number of fused-ring (bicyclic) bond motifs is 1. The Morgan fingerprint density at radius 1 is 0.952 bits per heavy atom. The minimum Gasteiger partial charge on any atom is -0.360 e. The summed E-state index contributed by atoms with van der Waals surface area (Å²) in [6.07, 6.45) is 6.63. The van der Waals surface area contributed by atoms with Crippen LogP contribution in [0.15, 0.2) is 91.3 Å². The van der Waals surface area contributed by atoms with Gasteiger partial charge in [-0.25, -0.2) is 9.97 Å². The molecule has 9 nitrogen and oxygen atoms in total. The lowest BCUT2D eigenvalue weighted by Gasteiger charge is -2.12. The molecule has 3 aromatic carbocycles. The summed E-state index contributed by atoms with van der Waals surface area (Å²) in [7, 11) is 3.84. The van der Waals surface area contributed by atoms with Gasteiger partial charge in [-0.15, -0.1) is 0 Å². The number of rotatable bonds is 9. The van der Waals surface area contributed by atoms with E-state index in [4.69, 9.17) is 23.2 Å². The fourth-order valence-corrected chi connectivity index (χ4v) is 4.52. The number of hydrogen-bond donors (Lipinski definition) is 4. The molecule has 212 valence electrons. The summed E-state index contributed by atoms with van der Waals surface area (Å²) in [4.78, 5) is 39.1. The Morgan fingerprint density at radius 2 is 1.71 bits per heavy atom. The highest BCUT2D eigenvalue weighted by Gasteiger charge is 2.14. The van der Waals surface area contributed by atoms with E-state index in [0.29, 0.717) is 50.9 Å². The molecule has 11 heteroatoms. The number of carbonyl (C=O) groups excluding carboxylic acids is 2. The number of benzene rings is 3. The van der Waals surface area contributed by atoms with E-state index >= 15 is 0 Å². The molecule has 0 unspecified atom stereocenters. The van der Waals surface area contributed by atoms with Gasteiger partial charge < -0.3 is 25.8 Å². The van der Waals surface area contributed by atoms with Crippen LogP contribution in [0.3, 0.4) is 0 Å². The normalized spacial score (nSPS) is 11.3. The highest BCUT2D eigenvalue weighted by molar-refractivity contribution is 6.34. The molecule has 2 aromatic heterocycles. The maximum absolute atomic E-state index is 12.9. The zero-order valence-corrected chi connectivity index (χ0v) is 24.3. The van der Waals surface area contributed by atoms with Crippen LogP contribution in [0.2, 0.25) is 10.0 Å². The number of halogens is 2. The number of nitrogens with one attached hydrogen (secondary N) is 4. The van der Waals surface area contributed by atoms with Crippen LogP contribution in [-0.4, -0.2) is 52.3 Å². The molecule has 0 atom stereocenters. The molecule has 0 radical (unpaired) electrons. The average molecular weight is 601 g/mol. The Labute approximate surface area is 252 Å². The predicted octanol–water partition coefficient (Wildman–Crippen LogP) is 6.98. The SMILES string of the molecule is CN(C)CC=CC(=O)Nc1ccc(C(=O)Nc2ccc(Cl)c(Nc3ncc(Cl)c(-c4c[nH]c5ccccc45)n3)c2)cc1. The first-order valence-electron chi connectivity index (χ1n) is 13.0. The van der Waals surface area contributed by atoms with Gasteiger partial charge in [-0.2, -0.15) is 0 Å². The summed E-state index contributed by atoms with van der Waals surface area (Å²) >= 11 is 12.9. The van der Waals surface area contributed by atoms with Gasteiger partial charge >= 0.3 is 0 Å². The predicted molar refractivity (Wildman–Crippen MR) is 170 cm³/mol. The molecule has 0 aliphatic carbocycles. The number of para-hydroxylation sites is 1. The number of likely N-dealkylation sites (N-methyl/N-ethyl adjacent to an activating group) is 1. The molecular weight excluding hydrogens is 573 g/mol. The van der Waals surface area contributed by atoms with Gasteiger partial charge in [0, 0.05) is 52.2 Å². The van der Waals surface area contributed by atoms with Gasteiger partial charge in [0.1, 0.15) is 0 Å². The standard InChI is InChI=1S/C31H27Cl2N7O2/c1-40(2)15-5-8-28(41)36-20-11-9-19(10-12-20)30(42)37-21-13-14-24(32)27(16-21)38-31-35-18-25(33)29(39-31)23-17-34-26-7-4-3-6-22(23)26/h3-14,16-18,34H,15H2,1-2H3,(H,36,41)(H,37,42)(H,35,38,39). The number of nitrogens with zero attached hydrogens (tertiary/aromatic N) is 3. The number of anilines is 4. The van der Waals surface area contributed by atoms with Crippen molar-refractivity contribution in [1.82, 2.24) is 19.9 Å². The second kappa shape index (κ2) is 12.9. The number of amides is 2. The van der Waals surface area contributed by atoms with E-state index < -0.39 is 0 Å². The largest absolute Gasteiger partial charge is 0.360 e. The minimum atomic E-state index is -0.323. The molecule has 0 aliphatic heterocycles. The van der Waals surface area contributed by atoms with Gasteiger partial charge in [0.05, 0.1) is 27.6 Å². The van der Waals surface area contributed by atoms with Crippen molar-refractivity contribution in [2.75, 3.05) is 36.6 Å². The van der Waals surface area contributed by atoms with E-state index in [-0.39, 0.29) is 11.8 Å². The lowest BCUT2D eigenvalue weighted by molar-refractivity contribution is -0.111. The number of aromatic amines is 1. The summed E-state index contributed by atoms with van der Waals surface area (Å²) < 4.78 is 0. The Morgan fingerprint density at radius 3 is 2.50 bits per heavy atom. The lowest BCUT2D eigenvalue weighted by Crippen LogP contribution is -2.14. The molecular formula is C31H27Cl2N7O2. The molecule has 42 heavy (non-hydrogen) atoms. The number of aromatic nitrogens is 3. The topological polar surface area (TPSA) is 115 Å². The maximum atomic E-state index is 12.9. The van der Waals surface area contributed by atoms with Gasteiger partial charge in [-0.05, 0) is 62.6 Å². The summed E-state index contributed by atoms with van der Waals surface area (Å²) in [5, 5.41) is 10.6. The molecule has 0 fully saturated rings. The second-order valence-corrected chi connectivity index (χ2v) is 10.5. The van der Waals surface area contributed by atoms with Crippen LogP contribution in [0.1, 0.15) is 10.4 Å². The molecule has 2 heterocycles. The molecule has 0 bridgehead atoms. The molecule has 5 aromatic rings. The molecule has 0 saturated carbocycles. The molecule has 0 spiro atoms. The van der Waals surface area contributed by atoms with Crippen molar-refractivity contribution in [3.63, 3.8) is 0 Å². The molecule has 2 amide bonds. The minimum absolute atomic E-state index is 0.242. The van der Waals surface area contributed by atoms with Crippen molar-refractivity contribution in [2.45, 2.75) is 0 Å². The average Bonchev–Trinajstić information content (AvgIpc) is 3.40. The van der Waals surface area contributed by atoms with Crippen molar-refractivity contribution in [3.05, 3.63) is 107 Å². The maximum Gasteiger partial charge on any atom is 0.255 e. The second-order valence-electron chi connectivity index (χ2n) is 9.64. The van der Waals surface area contributed by atoms with E-state index in [1.54, 1.807) is 48.5 Å². The first kappa shape index (κ1) is 28.8. The first-order valence-corrected chi connectivity index (χ1v) is 13.7. The number of H-pyrrole nitrogens is 1. The van der Waals surface area contributed by atoms with Crippen molar-refractivity contribution in [3.8, 4) is 11.3 Å². The Kier molecular flexibility index (Phi) is 8.83. The van der Waals surface area contributed by atoms with Crippen LogP contribution in [0.4, 0.5) is 23.0 Å². The third kappa shape index (κ3) is 6.95. The van der Waals surface area contributed by atoms with Gasteiger partial charge in [0.2, 0.25) is 11.9 Å². The van der Waals surface area contributed by atoms with E-state index in [1.165, 1.54) is 12.3 Å². The van der Waals surface area contributed by atoms with Gasteiger partial charge in [0.25, 0.3) is 5.91 Å². The van der Waals surface area contributed by atoms with Crippen LogP contribution in [0, 0.1) is 0 Å². The van der Waals surface area contributed by atoms with Gasteiger partial charge in [-0.3, -0.25) is 9.59 Å². The fourth-order valence-electron chi connectivity index (χ4n) is 4.17. The van der Waals surface area contributed by atoms with Crippen LogP contribution in [0.5, 0.6) is 0 Å². The van der Waals surface area contributed by atoms with Crippen LogP contribution >= 0.6 is 23.2 Å². The fraction of sp³-hybridized carbons (Fsp3) is 0.0968. The first-order chi connectivity index (χ1) is 20.3. The Bertz CT molecular complexity index is 1780. The smallest absolute Gasteiger partial charge is 0.255 e. The summed E-state index contributed by atoms with van der Waals surface area (Å²) in [6.45, 7) is 0.660. The summed E-state index contributed by atoms with van der Waals surface area (Å²) in [5.74, 6) is -0.274. The van der Waals surface area contributed by atoms with Crippen molar-refractivity contribution >= 4 is 68.9 Å². The van der Waals surface area contributed by atoms with E-state index in [9.17, 15) is 9.59 Å². The lowest BCUT2D eigenvalue weighted by atomic mass is 10.1. The van der Waals surface area contributed by atoms with E-state index in [2.05, 4.69) is 30.9 Å². The third-order valence-electron chi connectivity index (χ3n) is 6.21. The van der Waals surface area contributed by atoms with Crippen LogP contribution < -0.4 is 16.0 Å². The van der Waals surface area contributed by atoms with Crippen LogP contribution in [0.25, 0.3) is 22.2 Å². The number of hydrogen-bond acceptors (Lipinski definition) is 6. The summed E-state index contributed by atoms with van der Waals surface area (Å²) in [5.41, 5.74) is 4.40. The molecule has 0 saturated heterocycles. The Hall–Kier alpha value is -4.70. The van der Waals surface area contributed by atoms with Crippen molar-refractivity contribution in [1.29, 1.82) is 0 Å². The van der Waals surface area contributed by atoms with Crippen LogP contribution in [-0.2, 0) is 4.79 Å². The van der Waals surface area contributed by atoms with E-state index in [0.717, 1.165) is 16.5 Å². The highest BCUT2D eigenvalue weighted by atomic mass is 35.5. The van der Waals surface area contributed by atoms with Gasteiger partial charge in [0.15, 0.2) is 0 Å². The van der Waals surface area contributed by atoms with Gasteiger partial charge in [-0.1, -0.05) is 47.5 Å². The van der Waals surface area contributed by atoms with Crippen molar-refractivity contribution < 1.29 is 9.59 Å². The molecule has 0 aliphatic rings.